The van der Waals surface area contributed by atoms with E-state index in [1.807, 2.05) is 31.2 Å². The first kappa shape index (κ1) is 15.6. The molecule has 2 atom stereocenters. The van der Waals surface area contributed by atoms with Crippen LogP contribution in [0.5, 0.6) is 11.5 Å². The van der Waals surface area contributed by atoms with Crippen LogP contribution in [0, 0.1) is 0 Å². The van der Waals surface area contributed by atoms with Crippen molar-refractivity contribution in [2.45, 2.75) is 37.8 Å². The second kappa shape index (κ2) is 6.80. The molecule has 1 saturated carbocycles. The van der Waals surface area contributed by atoms with Crippen LogP contribution in [0.2, 0.25) is 0 Å². The molecule has 1 aliphatic carbocycles. The lowest BCUT2D eigenvalue weighted by atomic mass is 9.97. The zero-order valence-electron chi connectivity index (χ0n) is 12.8. The second-order valence-electron chi connectivity index (χ2n) is 5.24. The molecule has 0 saturated heterocycles. The fourth-order valence-corrected chi connectivity index (χ4v) is 2.95. The van der Waals surface area contributed by atoms with E-state index < -0.39 is 5.54 Å². The number of esters is 1. The van der Waals surface area contributed by atoms with Crippen molar-refractivity contribution in [3.63, 3.8) is 0 Å². The molecule has 2 rings (SSSR count). The van der Waals surface area contributed by atoms with Crippen molar-refractivity contribution in [3.05, 3.63) is 24.3 Å². The molecule has 1 aromatic rings. The van der Waals surface area contributed by atoms with Gasteiger partial charge >= 0.3 is 5.97 Å². The van der Waals surface area contributed by atoms with Crippen LogP contribution in [0.15, 0.2) is 24.3 Å². The maximum absolute atomic E-state index is 12.1. The first-order chi connectivity index (χ1) is 10.1. The molecule has 0 amide bonds. The third kappa shape index (κ3) is 3.29. The molecule has 1 fully saturated rings. The summed E-state index contributed by atoms with van der Waals surface area (Å²) in [6, 6.07) is 7.55. The van der Waals surface area contributed by atoms with E-state index in [9.17, 15) is 4.79 Å². The molecule has 1 aromatic carbocycles. The number of para-hydroxylation sites is 2. The van der Waals surface area contributed by atoms with Crippen LogP contribution in [-0.4, -0.2) is 38.4 Å². The summed E-state index contributed by atoms with van der Waals surface area (Å²) in [5.41, 5.74) is -0.629. The van der Waals surface area contributed by atoms with E-state index in [-0.39, 0.29) is 12.1 Å². The topological polar surface area (TPSA) is 56.8 Å². The Morgan fingerprint density at radius 1 is 1.33 bits per heavy atom. The molecule has 0 radical (unpaired) electrons. The van der Waals surface area contributed by atoms with Gasteiger partial charge in [-0.2, -0.15) is 0 Å². The molecule has 5 heteroatoms. The first-order valence-electron chi connectivity index (χ1n) is 7.28. The molecule has 0 aliphatic heterocycles. The Balaban J connectivity index is 2.09. The number of carbonyl (C=O) groups is 1. The first-order valence-corrected chi connectivity index (χ1v) is 7.28. The van der Waals surface area contributed by atoms with E-state index in [1.165, 1.54) is 7.11 Å². The molecular weight excluding hydrogens is 270 g/mol. The van der Waals surface area contributed by atoms with Gasteiger partial charge in [0.2, 0.25) is 0 Å². The second-order valence-corrected chi connectivity index (χ2v) is 5.24. The summed E-state index contributed by atoms with van der Waals surface area (Å²) in [5, 5.41) is 3.27. The molecule has 1 aliphatic rings. The molecule has 2 unspecified atom stereocenters. The van der Waals surface area contributed by atoms with Crippen molar-refractivity contribution in [2.24, 2.45) is 0 Å². The summed E-state index contributed by atoms with van der Waals surface area (Å²) in [6.07, 6.45) is 2.10. The Bertz CT molecular complexity index is 491. The lowest BCUT2D eigenvalue weighted by molar-refractivity contribution is -0.148. The minimum Gasteiger partial charge on any atom is -0.493 e. The summed E-state index contributed by atoms with van der Waals surface area (Å²) in [7, 11) is 3.05. The highest BCUT2D eigenvalue weighted by atomic mass is 16.5. The van der Waals surface area contributed by atoms with Gasteiger partial charge in [-0.25, -0.2) is 0 Å². The Morgan fingerprint density at radius 3 is 2.67 bits per heavy atom. The molecule has 0 heterocycles. The van der Waals surface area contributed by atoms with Crippen LogP contribution in [-0.2, 0) is 9.53 Å². The number of methoxy groups -OCH3 is 2. The van der Waals surface area contributed by atoms with Crippen LogP contribution in [0.25, 0.3) is 0 Å². The number of rotatable bonds is 6. The number of nitrogens with one attached hydrogen (secondary N) is 1. The van der Waals surface area contributed by atoms with E-state index in [1.54, 1.807) is 7.11 Å². The monoisotopic (exact) mass is 293 g/mol. The van der Waals surface area contributed by atoms with Crippen LogP contribution < -0.4 is 14.8 Å². The SMILES string of the molecule is CCNC1(C(=O)OC)CCC(Oc2ccccc2OC)C1. The maximum Gasteiger partial charge on any atom is 0.326 e. The highest BCUT2D eigenvalue weighted by Gasteiger charge is 2.46. The van der Waals surface area contributed by atoms with Crippen molar-refractivity contribution in [2.75, 3.05) is 20.8 Å². The van der Waals surface area contributed by atoms with E-state index in [2.05, 4.69) is 5.32 Å². The quantitative estimate of drug-likeness (QED) is 0.814. The van der Waals surface area contributed by atoms with Gasteiger partial charge < -0.3 is 19.5 Å². The van der Waals surface area contributed by atoms with E-state index >= 15 is 0 Å². The van der Waals surface area contributed by atoms with Crippen LogP contribution in [0.1, 0.15) is 26.2 Å². The number of carbonyl (C=O) groups excluding carboxylic acids is 1. The number of benzene rings is 1. The van der Waals surface area contributed by atoms with Gasteiger partial charge in [-0.1, -0.05) is 19.1 Å². The van der Waals surface area contributed by atoms with Crippen molar-refractivity contribution in [1.29, 1.82) is 0 Å². The largest absolute Gasteiger partial charge is 0.493 e. The Labute approximate surface area is 125 Å². The third-order valence-electron chi connectivity index (χ3n) is 3.92. The predicted octanol–water partition coefficient (Wildman–Crippen LogP) is 2.15. The molecule has 0 spiro atoms. The molecule has 0 aromatic heterocycles. The van der Waals surface area contributed by atoms with E-state index in [0.717, 1.165) is 13.0 Å². The minimum atomic E-state index is -0.629. The van der Waals surface area contributed by atoms with Gasteiger partial charge in [0.25, 0.3) is 0 Å². The summed E-state index contributed by atoms with van der Waals surface area (Å²) in [5.74, 6) is 1.20. The highest BCUT2D eigenvalue weighted by molar-refractivity contribution is 5.81. The number of ether oxygens (including phenoxy) is 3. The van der Waals surface area contributed by atoms with Crippen LogP contribution >= 0.6 is 0 Å². The Morgan fingerprint density at radius 2 is 2.05 bits per heavy atom. The van der Waals surface area contributed by atoms with Crippen LogP contribution in [0.3, 0.4) is 0 Å². The maximum atomic E-state index is 12.1. The molecule has 5 nitrogen and oxygen atoms in total. The van der Waals surface area contributed by atoms with Gasteiger partial charge in [0.15, 0.2) is 11.5 Å². The minimum absolute atomic E-state index is 0.0283. The Kier molecular flexibility index (Phi) is 5.07. The normalized spacial score (nSPS) is 24.6. The Hall–Kier alpha value is -1.75. The van der Waals surface area contributed by atoms with Gasteiger partial charge in [-0.15, -0.1) is 0 Å². The van der Waals surface area contributed by atoms with Gasteiger partial charge in [0.1, 0.15) is 11.6 Å². The zero-order chi connectivity index (χ0) is 15.3. The van der Waals surface area contributed by atoms with Crippen molar-refractivity contribution in [1.82, 2.24) is 5.32 Å². The van der Waals surface area contributed by atoms with Gasteiger partial charge in [0.05, 0.1) is 14.2 Å². The lowest BCUT2D eigenvalue weighted by Gasteiger charge is -2.27. The van der Waals surface area contributed by atoms with E-state index in [4.69, 9.17) is 14.2 Å². The predicted molar refractivity (Wildman–Crippen MR) is 79.7 cm³/mol. The molecule has 116 valence electrons. The number of hydrogen-bond donors (Lipinski definition) is 1. The molecule has 0 bridgehead atoms. The lowest BCUT2D eigenvalue weighted by Crippen LogP contribution is -2.51. The summed E-state index contributed by atoms with van der Waals surface area (Å²) >= 11 is 0. The average molecular weight is 293 g/mol. The van der Waals surface area contributed by atoms with Gasteiger partial charge in [-0.3, -0.25) is 4.79 Å². The summed E-state index contributed by atoms with van der Waals surface area (Å²) in [4.78, 5) is 12.1. The standard InChI is InChI=1S/C16H23NO4/c1-4-17-16(15(18)20-3)10-9-12(11-16)21-14-8-6-5-7-13(14)19-2/h5-8,12,17H,4,9-11H2,1-3H3. The van der Waals surface area contributed by atoms with Crippen LogP contribution in [0.4, 0.5) is 0 Å². The average Bonchev–Trinajstić information content (AvgIpc) is 2.91. The van der Waals surface area contributed by atoms with Crippen molar-refractivity contribution in [3.8, 4) is 11.5 Å². The fraction of sp³-hybridized carbons (Fsp3) is 0.562. The van der Waals surface area contributed by atoms with Gasteiger partial charge in [0, 0.05) is 6.42 Å². The molecular formula is C16H23NO4. The van der Waals surface area contributed by atoms with Crippen molar-refractivity contribution < 1.29 is 19.0 Å². The third-order valence-corrected chi connectivity index (χ3v) is 3.92. The fourth-order valence-electron chi connectivity index (χ4n) is 2.95. The summed E-state index contributed by atoms with van der Waals surface area (Å²) < 4.78 is 16.3. The van der Waals surface area contributed by atoms with Gasteiger partial charge in [-0.05, 0) is 31.5 Å². The summed E-state index contributed by atoms with van der Waals surface area (Å²) in [6.45, 7) is 2.70. The number of likely N-dealkylation sites (N-methyl/N-ethyl adjacent to an activating group) is 1. The molecule has 21 heavy (non-hydrogen) atoms. The smallest absolute Gasteiger partial charge is 0.326 e. The van der Waals surface area contributed by atoms with Crippen molar-refractivity contribution >= 4 is 5.97 Å². The number of hydrogen-bond acceptors (Lipinski definition) is 5. The van der Waals surface area contributed by atoms with E-state index in [0.29, 0.717) is 24.3 Å². The molecule has 1 N–H and O–H groups in total. The zero-order valence-corrected chi connectivity index (χ0v) is 12.8. The highest BCUT2D eigenvalue weighted by Crippen LogP contribution is 2.36.